The van der Waals surface area contributed by atoms with Gasteiger partial charge in [-0.15, -0.1) is 11.6 Å². The summed E-state index contributed by atoms with van der Waals surface area (Å²) in [7, 11) is 1.60. The molecule has 0 aliphatic rings. The van der Waals surface area contributed by atoms with Crippen LogP contribution in [0, 0.1) is 6.92 Å². The van der Waals surface area contributed by atoms with Crippen molar-refractivity contribution in [1.29, 1.82) is 0 Å². The van der Waals surface area contributed by atoms with E-state index in [2.05, 4.69) is 0 Å². The minimum Gasteiger partial charge on any atom is -0.496 e. The molecular formula is C11H15ClO2. The van der Waals surface area contributed by atoms with Gasteiger partial charge in [-0.05, 0) is 25.5 Å². The third kappa shape index (κ3) is 2.63. The molecule has 3 heteroatoms. The largest absolute Gasteiger partial charge is 0.496 e. The van der Waals surface area contributed by atoms with Gasteiger partial charge in [0.15, 0.2) is 0 Å². The van der Waals surface area contributed by atoms with Crippen molar-refractivity contribution in [1.82, 2.24) is 0 Å². The first-order chi connectivity index (χ1) is 6.69. The summed E-state index contributed by atoms with van der Waals surface area (Å²) in [6.07, 6.45) is 0.00353. The summed E-state index contributed by atoms with van der Waals surface area (Å²) in [5.74, 6) is 1.16. The highest BCUT2D eigenvalue weighted by Crippen LogP contribution is 2.28. The fourth-order valence-electron chi connectivity index (χ4n) is 1.37. The van der Waals surface area contributed by atoms with Crippen LogP contribution in [0.25, 0.3) is 0 Å². The summed E-state index contributed by atoms with van der Waals surface area (Å²) in [5, 5.41) is 9.79. The lowest BCUT2D eigenvalue weighted by Gasteiger charge is -2.14. The van der Waals surface area contributed by atoms with Gasteiger partial charge >= 0.3 is 0 Å². The Bertz CT molecular complexity index is 299. The molecule has 78 valence electrons. The molecule has 0 aliphatic carbocycles. The Hall–Kier alpha value is -0.730. The van der Waals surface area contributed by atoms with Crippen molar-refractivity contribution in [3.8, 4) is 5.75 Å². The monoisotopic (exact) mass is 214 g/mol. The highest BCUT2D eigenvalue weighted by molar-refractivity contribution is 6.17. The van der Waals surface area contributed by atoms with Crippen LogP contribution in [0.1, 0.15) is 23.7 Å². The minimum atomic E-state index is -0.539. The molecule has 1 aromatic carbocycles. The maximum absolute atomic E-state index is 9.79. The van der Waals surface area contributed by atoms with Gasteiger partial charge < -0.3 is 9.84 Å². The number of aliphatic hydroxyl groups is 1. The van der Waals surface area contributed by atoms with Crippen LogP contribution in [0.4, 0.5) is 0 Å². The average molecular weight is 215 g/mol. The molecule has 0 bridgehead atoms. The predicted molar refractivity (Wildman–Crippen MR) is 58.0 cm³/mol. The van der Waals surface area contributed by atoms with Crippen molar-refractivity contribution in [3.63, 3.8) is 0 Å². The quantitative estimate of drug-likeness (QED) is 0.781. The van der Waals surface area contributed by atoms with Crippen molar-refractivity contribution >= 4 is 11.6 Å². The zero-order chi connectivity index (χ0) is 10.6. The van der Waals surface area contributed by atoms with Gasteiger partial charge in [0.1, 0.15) is 5.75 Å². The summed E-state index contributed by atoms with van der Waals surface area (Å²) < 4.78 is 5.16. The molecule has 2 nitrogen and oxygen atoms in total. The van der Waals surface area contributed by atoms with Crippen LogP contribution in [0.5, 0.6) is 5.75 Å². The highest BCUT2D eigenvalue weighted by atomic mass is 35.5. The summed E-state index contributed by atoms with van der Waals surface area (Å²) in [4.78, 5) is 0. The Kier molecular flexibility index (Phi) is 4.23. The number of ether oxygens (including phenoxy) is 1. The topological polar surface area (TPSA) is 29.5 Å². The van der Waals surface area contributed by atoms with E-state index in [-0.39, 0.29) is 0 Å². The number of aliphatic hydroxyl groups excluding tert-OH is 1. The standard InChI is InChI=1S/C11H15ClO2/c1-8-3-4-11(14-2)9(7-8)10(13)5-6-12/h3-4,7,10,13H,5-6H2,1-2H3. The molecule has 14 heavy (non-hydrogen) atoms. The predicted octanol–water partition coefficient (Wildman–Crippen LogP) is 2.67. The molecule has 0 spiro atoms. The third-order valence-corrected chi connectivity index (χ3v) is 2.34. The molecule has 0 aliphatic heterocycles. The van der Waals surface area contributed by atoms with E-state index in [0.717, 1.165) is 11.1 Å². The van der Waals surface area contributed by atoms with Crippen molar-refractivity contribution in [2.75, 3.05) is 13.0 Å². The Balaban J connectivity index is 2.97. The van der Waals surface area contributed by atoms with Crippen LogP contribution in [0.15, 0.2) is 18.2 Å². The summed E-state index contributed by atoms with van der Waals surface area (Å²) in [6.45, 7) is 1.98. The Morgan fingerprint density at radius 2 is 2.21 bits per heavy atom. The Morgan fingerprint density at radius 1 is 1.50 bits per heavy atom. The maximum Gasteiger partial charge on any atom is 0.124 e. The second-order valence-electron chi connectivity index (χ2n) is 3.24. The summed E-state index contributed by atoms with van der Waals surface area (Å²) >= 11 is 5.58. The molecule has 0 fully saturated rings. The van der Waals surface area contributed by atoms with E-state index in [9.17, 15) is 5.11 Å². The van der Waals surface area contributed by atoms with Crippen LogP contribution >= 0.6 is 11.6 Å². The molecule has 1 unspecified atom stereocenters. The molecule has 0 heterocycles. The van der Waals surface area contributed by atoms with E-state index in [1.807, 2.05) is 25.1 Å². The average Bonchev–Trinajstić information content (AvgIpc) is 2.18. The number of hydrogen-bond donors (Lipinski definition) is 1. The lowest BCUT2D eigenvalue weighted by atomic mass is 10.0. The van der Waals surface area contributed by atoms with Gasteiger partial charge in [0.25, 0.3) is 0 Å². The molecule has 1 rings (SSSR count). The van der Waals surface area contributed by atoms with Gasteiger partial charge in [0.2, 0.25) is 0 Å². The van der Waals surface area contributed by atoms with Crippen LogP contribution in [-0.2, 0) is 0 Å². The maximum atomic E-state index is 9.79. The van der Waals surface area contributed by atoms with E-state index < -0.39 is 6.10 Å². The van der Waals surface area contributed by atoms with E-state index in [4.69, 9.17) is 16.3 Å². The van der Waals surface area contributed by atoms with Crippen molar-refractivity contribution in [2.45, 2.75) is 19.4 Å². The minimum absolute atomic E-state index is 0.443. The molecule has 0 radical (unpaired) electrons. The molecule has 0 aromatic heterocycles. The zero-order valence-corrected chi connectivity index (χ0v) is 9.21. The van der Waals surface area contributed by atoms with Crippen LogP contribution in [-0.4, -0.2) is 18.1 Å². The normalized spacial score (nSPS) is 12.6. The summed E-state index contributed by atoms with van der Waals surface area (Å²) in [6, 6.07) is 5.74. The SMILES string of the molecule is COc1ccc(C)cc1C(O)CCCl. The second-order valence-corrected chi connectivity index (χ2v) is 3.62. The molecular weight excluding hydrogens is 200 g/mol. The lowest BCUT2D eigenvalue weighted by molar-refractivity contribution is 0.170. The molecule has 1 atom stereocenters. The number of hydrogen-bond acceptors (Lipinski definition) is 2. The fraction of sp³-hybridized carbons (Fsp3) is 0.455. The van der Waals surface area contributed by atoms with E-state index >= 15 is 0 Å². The lowest BCUT2D eigenvalue weighted by Crippen LogP contribution is -2.01. The van der Waals surface area contributed by atoms with Gasteiger partial charge in [-0.2, -0.15) is 0 Å². The van der Waals surface area contributed by atoms with Gasteiger partial charge in [0, 0.05) is 11.4 Å². The second kappa shape index (κ2) is 5.23. The van der Waals surface area contributed by atoms with E-state index in [1.165, 1.54) is 0 Å². The Morgan fingerprint density at radius 3 is 2.79 bits per heavy atom. The highest BCUT2D eigenvalue weighted by Gasteiger charge is 2.12. The fourth-order valence-corrected chi connectivity index (χ4v) is 1.58. The number of benzene rings is 1. The zero-order valence-electron chi connectivity index (χ0n) is 8.46. The van der Waals surface area contributed by atoms with Crippen LogP contribution < -0.4 is 4.74 Å². The van der Waals surface area contributed by atoms with E-state index in [1.54, 1.807) is 7.11 Å². The van der Waals surface area contributed by atoms with Crippen molar-refractivity contribution in [3.05, 3.63) is 29.3 Å². The number of halogens is 1. The number of rotatable bonds is 4. The van der Waals surface area contributed by atoms with Gasteiger partial charge in [-0.25, -0.2) is 0 Å². The molecule has 0 saturated carbocycles. The van der Waals surface area contributed by atoms with Gasteiger partial charge in [0.05, 0.1) is 13.2 Å². The first kappa shape index (κ1) is 11.3. The molecule has 1 aromatic rings. The Labute approximate surface area is 89.5 Å². The smallest absolute Gasteiger partial charge is 0.124 e. The van der Waals surface area contributed by atoms with E-state index in [0.29, 0.717) is 18.1 Å². The number of aryl methyl sites for hydroxylation is 1. The first-order valence-electron chi connectivity index (χ1n) is 4.57. The van der Waals surface area contributed by atoms with Crippen molar-refractivity contribution in [2.24, 2.45) is 0 Å². The third-order valence-electron chi connectivity index (χ3n) is 2.13. The molecule has 0 saturated heterocycles. The number of alkyl halides is 1. The molecule has 1 N–H and O–H groups in total. The first-order valence-corrected chi connectivity index (χ1v) is 5.11. The number of methoxy groups -OCH3 is 1. The summed E-state index contributed by atoms with van der Waals surface area (Å²) in [5.41, 5.74) is 1.92. The van der Waals surface area contributed by atoms with Crippen molar-refractivity contribution < 1.29 is 9.84 Å². The van der Waals surface area contributed by atoms with Gasteiger partial charge in [-0.1, -0.05) is 11.6 Å². The van der Waals surface area contributed by atoms with Gasteiger partial charge in [-0.3, -0.25) is 0 Å². The van der Waals surface area contributed by atoms with Crippen LogP contribution in [0.2, 0.25) is 0 Å². The molecule has 0 amide bonds. The van der Waals surface area contributed by atoms with Crippen LogP contribution in [0.3, 0.4) is 0 Å².